The number of likely N-dealkylation sites (tertiary alicyclic amines) is 1. The van der Waals surface area contributed by atoms with Gasteiger partial charge in [-0.1, -0.05) is 30.3 Å². The predicted molar refractivity (Wildman–Crippen MR) is 87.5 cm³/mol. The van der Waals surface area contributed by atoms with Crippen LogP contribution in [0.1, 0.15) is 34.3 Å². The Labute approximate surface area is 135 Å². The number of benzene rings is 2. The second kappa shape index (κ2) is 5.39. The van der Waals surface area contributed by atoms with E-state index < -0.39 is 0 Å². The highest BCUT2D eigenvalue weighted by atomic mass is 16.5. The van der Waals surface area contributed by atoms with Crippen LogP contribution in [-0.4, -0.2) is 29.0 Å². The average Bonchev–Trinajstić information content (AvgIpc) is 2.94. The fourth-order valence-corrected chi connectivity index (χ4v) is 3.70. The molecule has 0 aliphatic carbocycles. The summed E-state index contributed by atoms with van der Waals surface area (Å²) in [5, 5.41) is 7.66. The van der Waals surface area contributed by atoms with E-state index >= 15 is 0 Å². The number of rotatable bonds is 1. The summed E-state index contributed by atoms with van der Waals surface area (Å²) in [6.45, 7) is 2.05. The van der Waals surface area contributed by atoms with Crippen molar-refractivity contribution in [2.75, 3.05) is 13.1 Å². The van der Waals surface area contributed by atoms with Crippen LogP contribution in [0.3, 0.4) is 0 Å². The molecular formula is C19H20NO3+. The van der Waals surface area contributed by atoms with Crippen molar-refractivity contribution in [1.82, 2.24) is 4.90 Å². The highest BCUT2D eigenvalue weighted by Gasteiger charge is 2.43. The van der Waals surface area contributed by atoms with Gasteiger partial charge >= 0.3 is 0 Å². The monoisotopic (exact) mass is 310 g/mol. The molecule has 1 amide bonds. The zero-order valence-corrected chi connectivity index (χ0v) is 12.9. The fraction of sp³-hybridized carbons (Fsp3) is 0.316. The molecule has 2 aromatic rings. The summed E-state index contributed by atoms with van der Waals surface area (Å²) >= 11 is 0. The lowest BCUT2D eigenvalue weighted by atomic mass is 9.83. The minimum absolute atomic E-state index is 0.0141. The van der Waals surface area contributed by atoms with Crippen LogP contribution >= 0.6 is 0 Å². The summed E-state index contributed by atoms with van der Waals surface area (Å²) in [4.78, 5) is 14.5. The summed E-state index contributed by atoms with van der Waals surface area (Å²) in [6, 6.07) is 15.3. The molecule has 118 valence electrons. The predicted octanol–water partition coefficient (Wildman–Crippen LogP) is 2.79. The van der Waals surface area contributed by atoms with Crippen molar-refractivity contribution in [3.8, 4) is 5.75 Å². The molecular weight excluding hydrogens is 290 g/mol. The van der Waals surface area contributed by atoms with Crippen LogP contribution in [-0.2, 0) is 16.9 Å². The maximum Gasteiger partial charge on any atom is 0.254 e. The van der Waals surface area contributed by atoms with Gasteiger partial charge in [0.25, 0.3) is 11.7 Å². The highest BCUT2D eigenvalue weighted by Crippen LogP contribution is 2.44. The number of carbonyl (C=O) groups excluding carboxylic acids is 1. The van der Waals surface area contributed by atoms with Gasteiger partial charge in [0.15, 0.2) is 0 Å². The van der Waals surface area contributed by atoms with Crippen LogP contribution in [0, 0.1) is 0 Å². The summed E-state index contributed by atoms with van der Waals surface area (Å²) in [5.74, 6) is 0.387. The van der Waals surface area contributed by atoms with Crippen molar-refractivity contribution in [3.63, 3.8) is 0 Å². The second-order valence-corrected chi connectivity index (χ2v) is 6.31. The van der Waals surface area contributed by atoms with Gasteiger partial charge in [0.05, 0.1) is 12.2 Å². The number of amides is 1. The molecule has 2 aromatic carbocycles. The Morgan fingerprint density at radius 1 is 1.09 bits per heavy atom. The lowest BCUT2D eigenvalue weighted by Crippen LogP contribution is -2.45. The summed E-state index contributed by atoms with van der Waals surface area (Å²) in [7, 11) is 0. The third-order valence-electron chi connectivity index (χ3n) is 4.98. The van der Waals surface area contributed by atoms with E-state index in [0.29, 0.717) is 31.0 Å². The molecule has 4 rings (SSSR count). The lowest BCUT2D eigenvalue weighted by molar-refractivity contribution is -0.0741. The maximum absolute atomic E-state index is 12.6. The van der Waals surface area contributed by atoms with Gasteiger partial charge in [-0.05, 0) is 30.0 Å². The van der Waals surface area contributed by atoms with Gasteiger partial charge in [-0.25, -0.2) is 0 Å². The molecule has 4 heteroatoms. The Morgan fingerprint density at radius 3 is 2.65 bits per heavy atom. The van der Waals surface area contributed by atoms with Gasteiger partial charge in [0.1, 0.15) is 0 Å². The van der Waals surface area contributed by atoms with Crippen LogP contribution in [0.25, 0.3) is 0 Å². The van der Waals surface area contributed by atoms with Crippen molar-refractivity contribution < 1.29 is 14.6 Å². The number of ether oxygens (including phenoxy) is 1. The molecule has 1 spiro atoms. The Morgan fingerprint density at radius 2 is 1.87 bits per heavy atom. The number of nitrogens with zero attached hydrogens (tertiary/aromatic N) is 1. The summed E-state index contributed by atoms with van der Waals surface area (Å²) in [5.41, 5.74) is 2.95. The van der Waals surface area contributed by atoms with Gasteiger partial charge in [-0.3, -0.25) is 4.79 Å². The van der Waals surface area contributed by atoms with Gasteiger partial charge in [-0.2, -0.15) is 0 Å². The largest absolute Gasteiger partial charge is 0.593 e. The normalized spacial score (nSPS) is 18.9. The molecule has 23 heavy (non-hydrogen) atoms. The molecule has 0 saturated carbocycles. The van der Waals surface area contributed by atoms with Gasteiger partial charge in [0.2, 0.25) is 0 Å². The third kappa shape index (κ3) is 2.39. The smallest absolute Gasteiger partial charge is 0.254 e. The van der Waals surface area contributed by atoms with Crippen LogP contribution in [0.4, 0.5) is 0 Å². The second-order valence-electron chi connectivity index (χ2n) is 6.31. The van der Waals surface area contributed by atoms with E-state index in [4.69, 9.17) is 9.84 Å². The molecule has 2 aliphatic rings. The molecule has 4 nitrogen and oxygen atoms in total. The van der Waals surface area contributed by atoms with E-state index in [-0.39, 0.29) is 11.5 Å². The molecule has 0 aromatic heterocycles. The minimum atomic E-state index is -0.218. The SMILES string of the molecule is O=C(c1cccc([OH2+])c1)N1CCC2(CC1)OCc1ccccc12. The number of hydrogen-bond donors (Lipinski definition) is 0. The van der Waals surface area contributed by atoms with E-state index in [1.807, 2.05) is 11.0 Å². The van der Waals surface area contributed by atoms with Crippen molar-refractivity contribution >= 4 is 5.91 Å². The first-order chi connectivity index (χ1) is 11.2. The molecule has 2 N–H and O–H groups in total. The third-order valence-corrected chi connectivity index (χ3v) is 4.98. The Kier molecular flexibility index (Phi) is 3.34. The molecule has 1 saturated heterocycles. The van der Waals surface area contributed by atoms with E-state index in [1.165, 1.54) is 11.1 Å². The standard InChI is InChI=1S/C19H19NO3/c21-16-6-3-5-14(12-16)18(22)20-10-8-19(9-11-20)17-7-2-1-4-15(17)13-23-19/h1-7,12,21H,8-11,13H2/p+1. The number of carbonyl (C=O) groups is 1. The van der Waals surface area contributed by atoms with E-state index in [1.54, 1.807) is 24.3 Å². The number of piperidine rings is 1. The highest BCUT2D eigenvalue weighted by molar-refractivity contribution is 5.94. The molecule has 2 heterocycles. The number of hydrogen-bond acceptors (Lipinski definition) is 2. The summed E-state index contributed by atoms with van der Waals surface area (Å²) < 4.78 is 6.14. The molecule has 0 radical (unpaired) electrons. The van der Waals surface area contributed by atoms with Crippen molar-refractivity contribution in [1.29, 1.82) is 0 Å². The van der Waals surface area contributed by atoms with Crippen molar-refractivity contribution in [3.05, 3.63) is 65.2 Å². The van der Waals surface area contributed by atoms with Gasteiger partial charge < -0.3 is 14.7 Å². The van der Waals surface area contributed by atoms with Gasteiger partial charge in [-0.15, -0.1) is 0 Å². The van der Waals surface area contributed by atoms with Crippen molar-refractivity contribution in [2.45, 2.75) is 25.0 Å². The minimum Gasteiger partial charge on any atom is -0.593 e. The Bertz CT molecular complexity index is 748. The van der Waals surface area contributed by atoms with E-state index in [2.05, 4.69) is 18.2 Å². The lowest BCUT2D eigenvalue weighted by Gasteiger charge is -2.39. The van der Waals surface area contributed by atoms with Crippen LogP contribution < -0.4 is 0 Å². The summed E-state index contributed by atoms with van der Waals surface area (Å²) in [6.07, 6.45) is 1.66. The van der Waals surface area contributed by atoms with Crippen LogP contribution in [0.5, 0.6) is 5.75 Å². The quantitative estimate of drug-likeness (QED) is 0.761. The zero-order valence-electron chi connectivity index (χ0n) is 12.9. The molecule has 1 fully saturated rings. The zero-order chi connectivity index (χ0) is 15.9. The van der Waals surface area contributed by atoms with E-state index in [0.717, 1.165) is 12.8 Å². The Hall–Kier alpha value is -2.33. The molecule has 0 bridgehead atoms. The molecule has 0 unspecified atom stereocenters. The fourth-order valence-electron chi connectivity index (χ4n) is 3.70. The topological polar surface area (TPSA) is 52.4 Å². The maximum atomic E-state index is 12.6. The van der Waals surface area contributed by atoms with Gasteiger partial charge in [0, 0.05) is 30.8 Å². The Balaban J connectivity index is 1.51. The van der Waals surface area contributed by atoms with E-state index in [9.17, 15) is 4.79 Å². The first-order valence-electron chi connectivity index (χ1n) is 8.01. The number of fused-ring (bicyclic) bond motifs is 2. The average molecular weight is 310 g/mol. The first kappa shape index (κ1) is 14.3. The first-order valence-corrected chi connectivity index (χ1v) is 8.01. The van der Waals surface area contributed by atoms with Crippen molar-refractivity contribution in [2.24, 2.45) is 0 Å². The van der Waals surface area contributed by atoms with Crippen LogP contribution in [0.15, 0.2) is 48.5 Å². The molecule has 0 atom stereocenters. The molecule has 2 aliphatic heterocycles. The van der Waals surface area contributed by atoms with Crippen LogP contribution in [0.2, 0.25) is 0 Å².